The topological polar surface area (TPSA) is 69.2 Å². The molecule has 7 nitrogen and oxygen atoms in total. The number of hydrogen-bond acceptors (Lipinski definition) is 4. The molecule has 2 aliphatic heterocycles. The molecule has 0 aromatic heterocycles. The number of morpholine rings is 1. The number of halogens is 1. The molecule has 180 valence electrons. The SMILES string of the molecule is CCNC(=NCC(c1cccc(C)c1)N1CCOCC1)N1CCC(CC(=O)NC)CC1.I. The van der Waals surface area contributed by atoms with Gasteiger partial charge in [-0.2, -0.15) is 0 Å². The number of aryl methyl sites for hydroxylation is 1. The van der Waals surface area contributed by atoms with E-state index in [0.717, 1.165) is 71.3 Å². The predicted octanol–water partition coefficient (Wildman–Crippen LogP) is 2.80. The molecule has 0 bridgehead atoms. The Morgan fingerprint density at radius 1 is 1.22 bits per heavy atom. The molecule has 2 heterocycles. The van der Waals surface area contributed by atoms with Gasteiger partial charge >= 0.3 is 0 Å². The number of nitrogens with one attached hydrogen (secondary N) is 2. The molecular formula is C24H40IN5O2. The van der Waals surface area contributed by atoms with Gasteiger partial charge in [-0.05, 0) is 38.2 Å². The summed E-state index contributed by atoms with van der Waals surface area (Å²) in [6.45, 7) is 11.2. The van der Waals surface area contributed by atoms with E-state index in [9.17, 15) is 4.79 Å². The zero-order valence-electron chi connectivity index (χ0n) is 19.8. The summed E-state index contributed by atoms with van der Waals surface area (Å²) in [6, 6.07) is 9.05. The van der Waals surface area contributed by atoms with Crippen LogP contribution in [0.15, 0.2) is 29.3 Å². The third-order valence-corrected chi connectivity index (χ3v) is 6.33. The number of carbonyl (C=O) groups excluding carboxylic acids is 1. The minimum absolute atomic E-state index is 0. The Bertz CT molecular complexity index is 731. The quantitative estimate of drug-likeness (QED) is 0.307. The van der Waals surface area contributed by atoms with Gasteiger partial charge in [0.15, 0.2) is 5.96 Å². The van der Waals surface area contributed by atoms with Crippen molar-refractivity contribution in [3.63, 3.8) is 0 Å². The minimum Gasteiger partial charge on any atom is -0.379 e. The summed E-state index contributed by atoms with van der Waals surface area (Å²) in [5, 5.41) is 6.24. The van der Waals surface area contributed by atoms with Crippen LogP contribution in [0.5, 0.6) is 0 Å². The number of nitrogens with zero attached hydrogens (tertiary/aromatic N) is 3. The van der Waals surface area contributed by atoms with E-state index < -0.39 is 0 Å². The van der Waals surface area contributed by atoms with Crippen LogP contribution in [0.1, 0.15) is 43.4 Å². The fraction of sp³-hybridized carbons (Fsp3) is 0.667. The Kier molecular flexibility index (Phi) is 11.7. The molecule has 1 amide bonds. The molecule has 0 aliphatic carbocycles. The lowest BCUT2D eigenvalue weighted by atomic mass is 9.93. The lowest BCUT2D eigenvalue weighted by molar-refractivity contribution is -0.121. The summed E-state index contributed by atoms with van der Waals surface area (Å²) in [5.74, 6) is 1.60. The third kappa shape index (κ3) is 7.88. The van der Waals surface area contributed by atoms with Crippen molar-refractivity contribution in [3.8, 4) is 0 Å². The molecule has 0 spiro atoms. The van der Waals surface area contributed by atoms with Crippen molar-refractivity contribution in [2.45, 2.75) is 39.2 Å². The Balaban J connectivity index is 0.00000363. The number of ether oxygens (including phenoxy) is 1. The van der Waals surface area contributed by atoms with Crippen LogP contribution in [0.4, 0.5) is 0 Å². The lowest BCUT2D eigenvalue weighted by Gasteiger charge is -2.36. The first-order chi connectivity index (χ1) is 15.1. The number of piperidine rings is 1. The van der Waals surface area contributed by atoms with Gasteiger partial charge in [0.1, 0.15) is 0 Å². The third-order valence-electron chi connectivity index (χ3n) is 6.33. The molecule has 8 heteroatoms. The first kappa shape index (κ1) is 26.9. The van der Waals surface area contributed by atoms with E-state index in [4.69, 9.17) is 9.73 Å². The number of aliphatic imine (C=N–C) groups is 1. The highest BCUT2D eigenvalue weighted by Gasteiger charge is 2.25. The van der Waals surface area contributed by atoms with Crippen molar-refractivity contribution in [2.75, 3.05) is 59.5 Å². The van der Waals surface area contributed by atoms with Crippen molar-refractivity contribution in [3.05, 3.63) is 35.4 Å². The Labute approximate surface area is 210 Å². The van der Waals surface area contributed by atoms with Gasteiger partial charge in [0, 0.05) is 46.2 Å². The van der Waals surface area contributed by atoms with Gasteiger partial charge in [-0.15, -0.1) is 24.0 Å². The van der Waals surface area contributed by atoms with Crippen LogP contribution >= 0.6 is 24.0 Å². The molecular weight excluding hydrogens is 517 g/mol. The average molecular weight is 558 g/mol. The molecule has 1 aromatic carbocycles. The van der Waals surface area contributed by atoms with Crippen LogP contribution in [0, 0.1) is 12.8 Å². The molecule has 2 saturated heterocycles. The lowest BCUT2D eigenvalue weighted by Crippen LogP contribution is -2.46. The fourth-order valence-corrected chi connectivity index (χ4v) is 4.51. The summed E-state index contributed by atoms with van der Waals surface area (Å²) in [4.78, 5) is 21.7. The van der Waals surface area contributed by atoms with Crippen LogP contribution < -0.4 is 10.6 Å². The van der Waals surface area contributed by atoms with Crippen LogP contribution in [-0.2, 0) is 9.53 Å². The molecule has 1 atom stereocenters. The van der Waals surface area contributed by atoms with E-state index in [0.29, 0.717) is 12.3 Å². The van der Waals surface area contributed by atoms with Gasteiger partial charge in [0.05, 0.1) is 25.8 Å². The molecule has 1 unspecified atom stereocenters. The van der Waals surface area contributed by atoms with Crippen molar-refractivity contribution < 1.29 is 9.53 Å². The summed E-state index contributed by atoms with van der Waals surface area (Å²) in [5.41, 5.74) is 2.61. The van der Waals surface area contributed by atoms with Gasteiger partial charge in [-0.1, -0.05) is 29.8 Å². The number of benzene rings is 1. The number of rotatable bonds is 7. The first-order valence-electron chi connectivity index (χ1n) is 11.7. The number of hydrogen-bond donors (Lipinski definition) is 2. The Morgan fingerprint density at radius 2 is 1.94 bits per heavy atom. The predicted molar refractivity (Wildman–Crippen MR) is 141 cm³/mol. The highest BCUT2D eigenvalue weighted by atomic mass is 127. The standard InChI is InChI=1S/C24H39N5O2.HI/c1-4-26-24(29-10-8-20(9-11-29)17-23(30)25-3)27-18-22(28-12-14-31-15-13-28)21-7-5-6-19(2)16-21;/h5-7,16,20,22H,4,8-15,17-18H2,1-3H3,(H,25,30)(H,26,27);1H. The number of carbonyl (C=O) groups is 1. The van der Waals surface area contributed by atoms with E-state index in [1.807, 2.05) is 0 Å². The average Bonchev–Trinajstić information content (AvgIpc) is 2.80. The molecule has 0 saturated carbocycles. The summed E-state index contributed by atoms with van der Waals surface area (Å²) < 4.78 is 5.59. The van der Waals surface area contributed by atoms with Crippen molar-refractivity contribution in [2.24, 2.45) is 10.9 Å². The highest BCUT2D eigenvalue weighted by molar-refractivity contribution is 14.0. The van der Waals surface area contributed by atoms with E-state index in [1.165, 1.54) is 11.1 Å². The summed E-state index contributed by atoms with van der Waals surface area (Å²) >= 11 is 0. The normalized spacial score (nSPS) is 19.2. The van der Waals surface area contributed by atoms with Crippen LogP contribution in [0.25, 0.3) is 0 Å². The van der Waals surface area contributed by atoms with Gasteiger partial charge in [0.25, 0.3) is 0 Å². The number of likely N-dealkylation sites (tertiary alicyclic amines) is 1. The monoisotopic (exact) mass is 557 g/mol. The van der Waals surface area contributed by atoms with E-state index in [2.05, 4.69) is 58.5 Å². The van der Waals surface area contributed by atoms with Crippen molar-refractivity contribution in [1.29, 1.82) is 0 Å². The molecule has 3 rings (SSSR count). The number of amides is 1. The molecule has 1 aromatic rings. The summed E-state index contributed by atoms with van der Waals surface area (Å²) in [7, 11) is 1.71. The van der Waals surface area contributed by atoms with Crippen LogP contribution in [-0.4, -0.2) is 81.2 Å². The van der Waals surface area contributed by atoms with Crippen molar-refractivity contribution >= 4 is 35.8 Å². The molecule has 2 fully saturated rings. The van der Waals surface area contributed by atoms with E-state index in [1.54, 1.807) is 7.05 Å². The zero-order valence-corrected chi connectivity index (χ0v) is 22.1. The Morgan fingerprint density at radius 3 is 2.56 bits per heavy atom. The van der Waals surface area contributed by atoms with Crippen molar-refractivity contribution in [1.82, 2.24) is 20.4 Å². The van der Waals surface area contributed by atoms with Gasteiger partial charge in [0.2, 0.25) is 5.91 Å². The molecule has 2 aliphatic rings. The first-order valence-corrected chi connectivity index (χ1v) is 11.7. The molecule has 0 radical (unpaired) electrons. The van der Waals surface area contributed by atoms with E-state index >= 15 is 0 Å². The second-order valence-corrected chi connectivity index (χ2v) is 8.58. The molecule has 32 heavy (non-hydrogen) atoms. The highest BCUT2D eigenvalue weighted by Crippen LogP contribution is 2.24. The van der Waals surface area contributed by atoms with Crippen LogP contribution in [0.3, 0.4) is 0 Å². The van der Waals surface area contributed by atoms with Gasteiger partial charge < -0.3 is 20.3 Å². The maximum Gasteiger partial charge on any atom is 0.220 e. The second-order valence-electron chi connectivity index (χ2n) is 8.58. The zero-order chi connectivity index (χ0) is 22.1. The number of guanidine groups is 1. The van der Waals surface area contributed by atoms with Crippen LogP contribution in [0.2, 0.25) is 0 Å². The van der Waals surface area contributed by atoms with Gasteiger partial charge in [-0.3, -0.25) is 14.7 Å². The van der Waals surface area contributed by atoms with Gasteiger partial charge in [-0.25, -0.2) is 0 Å². The fourth-order valence-electron chi connectivity index (χ4n) is 4.51. The summed E-state index contributed by atoms with van der Waals surface area (Å²) in [6.07, 6.45) is 2.69. The molecule has 2 N–H and O–H groups in total. The Hall–Kier alpha value is -1.39. The maximum atomic E-state index is 11.7. The largest absolute Gasteiger partial charge is 0.379 e. The maximum absolute atomic E-state index is 11.7. The van der Waals surface area contributed by atoms with E-state index in [-0.39, 0.29) is 35.9 Å². The minimum atomic E-state index is 0. The second kappa shape index (κ2) is 14.0. The smallest absolute Gasteiger partial charge is 0.220 e.